The zero-order valence-corrected chi connectivity index (χ0v) is 12.0. The van der Waals surface area contributed by atoms with Crippen molar-refractivity contribution < 1.29 is 19.4 Å². The maximum Gasteiger partial charge on any atom is 0.309 e. The Morgan fingerprint density at radius 1 is 1.38 bits per heavy atom. The van der Waals surface area contributed by atoms with Crippen LogP contribution in [0.25, 0.3) is 0 Å². The largest absolute Gasteiger partial charge is 0.481 e. The van der Waals surface area contributed by atoms with Crippen LogP contribution in [-0.4, -0.2) is 35.0 Å². The average molecular weight is 289 g/mol. The van der Waals surface area contributed by atoms with Crippen LogP contribution in [0.15, 0.2) is 24.3 Å². The Balaban J connectivity index is 2.02. The molecule has 1 aromatic carbocycles. The van der Waals surface area contributed by atoms with E-state index in [-0.39, 0.29) is 24.4 Å². The van der Waals surface area contributed by atoms with Gasteiger partial charge in [-0.3, -0.25) is 9.59 Å². The van der Waals surface area contributed by atoms with Crippen molar-refractivity contribution in [2.45, 2.75) is 38.0 Å². The molecule has 1 heterocycles. The highest BCUT2D eigenvalue weighted by atomic mass is 16.5. The molecule has 2 aliphatic rings. The minimum absolute atomic E-state index is 0.0397. The van der Waals surface area contributed by atoms with E-state index in [1.165, 1.54) is 0 Å². The second kappa shape index (κ2) is 5.48. The molecule has 1 aliphatic carbocycles. The second-order valence-corrected chi connectivity index (χ2v) is 5.76. The van der Waals surface area contributed by atoms with E-state index < -0.39 is 11.9 Å². The summed E-state index contributed by atoms with van der Waals surface area (Å²) in [5.41, 5.74) is 1.86. The van der Waals surface area contributed by atoms with Crippen molar-refractivity contribution in [3.05, 3.63) is 35.4 Å². The number of benzene rings is 1. The molecule has 21 heavy (non-hydrogen) atoms. The SMILES string of the molecule is COCc1ccccc1C1C(C(=O)O)CC(=O)N1C1CC1. The van der Waals surface area contributed by atoms with Crippen molar-refractivity contribution in [3.63, 3.8) is 0 Å². The predicted octanol–water partition coefficient (Wildman–Crippen LogP) is 1.97. The number of likely N-dealkylation sites (tertiary alicyclic amines) is 1. The van der Waals surface area contributed by atoms with Gasteiger partial charge in [0.1, 0.15) is 0 Å². The smallest absolute Gasteiger partial charge is 0.309 e. The molecule has 1 aliphatic heterocycles. The zero-order valence-electron chi connectivity index (χ0n) is 12.0. The van der Waals surface area contributed by atoms with Crippen LogP contribution < -0.4 is 0 Å². The monoisotopic (exact) mass is 289 g/mol. The summed E-state index contributed by atoms with van der Waals surface area (Å²) in [5, 5.41) is 9.49. The van der Waals surface area contributed by atoms with Crippen LogP contribution in [0.5, 0.6) is 0 Å². The summed E-state index contributed by atoms with van der Waals surface area (Å²) < 4.78 is 5.21. The number of rotatable bonds is 5. The van der Waals surface area contributed by atoms with E-state index in [2.05, 4.69) is 0 Å². The Bertz CT molecular complexity index is 567. The number of methoxy groups -OCH3 is 1. The van der Waals surface area contributed by atoms with E-state index in [1.807, 2.05) is 24.3 Å². The van der Waals surface area contributed by atoms with Gasteiger partial charge in [-0.15, -0.1) is 0 Å². The van der Waals surface area contributed by atoms with Crippen LogP contribution >= 0.6 is 0 Å². The van der Waals surface area contributed by atoms with Gasteiger partial charge in [-0.25, -0.2) is 0 Å². The minimum atomic E-state index is -0.899. The maximum absolute atomic E-state index is 12.3. The van der Waals surface area contributed by atoms with Gasteiger partial charge >= 0.3 is 5.97 Å². The lowest BCUT2D eigenvalue weighted by Crippen LogP contribution is -2.33. The topological polar surface area (TPSA) is 66.8 Å². The summed E-state index contributed by atoms with van der Waals surface area (Å²) in [6.07, 6.45) is 2.04. The fraction of sp³-hybridized carbons (Fsp3) is 0.500. The summed E-state index contributed by atoms with van der Waals surface area (Å²) >= 11 is 0. The van der Waals surface area contributed by atoms with Gasteiger partial charge < -0.3 is 14.7 Å². The van der Waals surface area contributed by atoms with Crippen LogP contribution in [0, 0.1) is 5.92 Å². The van der Waals surface area contributed by atoms with E-state index in [0.717, 1.165) is 24.0 Å². The molecule has 0 spiro atoms. The molecule has 0 bridgehead atoms. The fourth-order valence-electron chi connectivity index (χ4n) is 3.24. The highest BCUT2D eigenvalue weighted by Crippen LogP contribution is 2.45. The third kappa shape index (κ3) is 2.53. The molecular weight excluding hydrogens is 270 g/mol. The van der Waals surface area contributed by atoms with Crippen molar-refractivity contribution in [2.75, 3.05) is 7.11 Å². The quantitative estimate of drug-likeness (QED) is 0.900. The third-order valence-corrected chi connectivity index (χ3v) is 4.29. The van der Waals surface area contributed by atoms with Crippen LogP contribution in [-0.2, 0) is 20.9 Å². The number of carboxylic acid groups (broad SMARTS) is 1. The Hall–Kier alpha value is -1.88. The zero-order chi connectivity index (χ0) is 15.0. The first kappa shape index (κ1) is 14.1. The van der Waals surface area contributed by atoms with Crippen LogP contribution in [0.1, 0.15) is 36.4 Å². The van der Waals surface area contributed by atoms with Crippen molar-refractivity contribution in [1.82, 2.24) is 4.90 Å². The first-order chi connectivity index (χ1) is 10.1. The lowest BCUT2D eigenvalue weighted by Gasteiger charge is -2.29. The number of carboxylic acids is 1. The summed E-state index contributed by atoms with van der Waals surface area (Å²) in [6.45, 7) is 0.422. The molecule has 2 fully saturated rings. The Morgan fingerprint density at radius 3 is 2.71 bits per heavy atom. The maximum atomic E-state index is 12.3. The van der Waals surface area contributed by atoms with Gasteiger partial charge in [0, 0.05) is 19.6 Å². The van der Waals surface area contributed by atoms with E-state index >= 15 is 0 Å². The molecule has 2 atom stereocenters. The number of ether oxygens (including phenoxy) is 1. The molecule has 1 N–H and O–H groups in total. The van der Waals surface area contributed by atoms with Gasteiger partial charge in [-0.1, -0.05) is 24.3 Å². The number of hydrogen-bond donors (Lipinski definition) is 1. The molecule has 1 amide bonds. The lowest BCUT2D eigenvalue weighted by molar-refractivity contribution is -0.142. The highest BCUT2D eigenvalue weighted by molar-refractivity contribution is 5.88. The molecule has 1 saturated heterocycles. The van der Waals surface area contributed by atoms with Crippen LogP contribution in [0.3, 0.4) is 0 Å². The molecule has 1 aromatic rings. The van der Waals surface area contributed by atoms with E-state index in [4.69, 9.17) is 4.74 Å². The summed E-state index contributed by atoms with van der Waals surface area (Å²) in [6, 6.07) is 7.50. The Morgan fingerprint density at radius 2 is 2.10 bits per heavy atom. The molecule has 1 saturated carbocycles. The summed E-state index contributed by atoms with van der Waals surface area (Å²) in [5.74, 6) is -1.61. The second-order valence-electron chi connectivity index (χ2n) is 5.76. The first-order valence-electron chi connectivity index (χ1n) is 7.24. The van der Waals surface area contributed by atoms with Gasteiger partial charge in [0.25, 0.3) is 0 Å². The van der Waals surface area contributed by atoms with Crippen molar-refractivity contribution in [3.8, 4) is 0 Å². The normalized spacial score (nSPS) is 25.4. The first-order valence-corrected chi connectivity index (χ1v) is 7.24. The molecule has 3 rings (SSSR count). The summed E-state index contributed by atoms with van der Waals surface area (Å²) in [7, 11) is 1.61. The lowest BCUT2D eigenvalue weighted by atomic mass is 9.90. The van der Waals surface area contributed by atoms with E-state index in [9.17, 15) is 14.7 Å². The molecule has 112 valence electrons. The third-order valence-electron chi connectivity index (χ3n) is 4.29. The van der Waals surface area contributed by atoms with Gasteiger partial charge in [-0.2, -0.15) is 0 Å². The Labute approximate surface area is 123 Å². The van der Waals surface area contributed by atoms with Crippen molar-refractivity contribution >= 4 is 11.9 Å². The van der Waals surface area contributed by atoms with Gasteiger partial charge in [0.05, 0.1) is 18.6 Å². The molecule has 2 unspecified atom stereocenters. The van der Waals surface area contributed by atoms with Gasteiger partial charge in [0.2, 0.25) is 5.91 Å². The average Bonchev–Trinajstić information content (AvgIpc) is 3.23. The van der Waals surface area contributed by atoms with Crippen molar-refractivity contribution in [1.29, 1.82) is 0 Å². The molecule has 5 nitrogen and oxygen atoms in total. The van der Waals surface area contributed by atoms with E-state index in [1.54, 1.807) is 12.0 Å². The summed E-state index contributed by atoms with van der Waals surface area (Å²) in [4.78, 5) is 25.6. The standard InChI is InChI=1S/C16H19NO4/c1-21-9-10-4-2-3-5-12(10)15-13(16(19)20)8-14(18)17(15)11-6-7-11/h2-5,11,13,15H,6-9H2,1H3,(H,19,20). The molecule has 0 radical (unpaired) electrons. The highest BCUT2D eigenvalue weighted by Gasteiger charge is 2.50. The number of amides is 1. The number of carbonyl (C=O) groups excluding carboxylic acids is 1. The van der Waals surface area contributed by atoms with Gasteiger partial charge in [0.15, 0.2) is 0 Å². The predicted molar refractivity (Wildman–Crippen MR) is 75.5 cm³/mol. The number of aliphatic carboxylic acids is 1. The van der Waals surface area contributed by atoms with Gasteiger partial charge in [-0.05, 0) is 24.0 Å². The van der Waals surface area contributed by atoms with Crippen molar-refractivity contribution in [2.24, 2.45) is 5.92 Å². The van der Waals surface area contributed by atoms with Crippen LogP contribution in [0.4, 0.5) is 0 Å². The minimum Gasteiger partial charge on any atom is -0.481 e. The Kier molecular flexibility index (Phi) is 3.68. The number of hydrogen-bond acceptors (Lipinski definition) is 3. The fourth-order valence-corrected chi connectivity index (χ4v) is 3.24. The molecular formula is C16H19NO4. The van der Waals surface area contributed by atoms with E-state index in [0.29, 0.717) is 6.61 Å². The number of carbonyl (C=O) groups is 2. The molecule has 5 heteroatoms. The van der Waals surface area contributed by atoms with Crippen LogP contribution in [0.2, 0.25) is 0 Å². The molecule has 0 aromatic heterocycles. The number of nitrogens with zero attached hydrogens (tertiary/aromatic N) is 1.